The third kappa shape index (κ3) is 5.22. The van der Waals surface area contributed by atoms with Gasteiger partial charge >= 0.3 is 0 Å². The van der Waals surface area contributed by atoms with Crippen LogP contribution in [0, 0.1) is 20.8 Å². The number of rotatable bonds is 7. The zero-order valence-corrected chi connectivity index (χ0v) is 18.1. The minimum atomic E-state index is -0.123. The fourth-order valence-electron chi connectivity index (χ4n) is 3.83. The molecule has 29 heavy (non-hydrogen) atoms. The zero-order chi connectivity index (χ0) is 21.0. The van der Waals surface area contributed by atoms with Crippen LogP contribution in [0.4, 0.5) is 0 Å². The highest BCUT2D eigenvalue weighted by Gasteiger charge is 2.15. The summed E-state index contributed by atoms with van der Waals surface area (Å²) in [5, 5.41) is 3.00. The Kier molecular flexibility index (Phi) is 7.03. The lowest BCUT2D eigenvalue weighted by Crippen LogP contribution is -2.48. The molecule has 1 fully saturated rings. The highest BCUT2D eigenvalue weighted by atomic mass is 16.2. The van der Waals surface area contributed by atoms with Crippen LogP contribution in [-0.4, -0.2) is 71.1 Å². The van der Waals surface area contributed by atoms with Gasteiger partial charge in [0.15, 0.2) is 0 Å². The molecule has 0 spiro atoms. The molecule has 1 aliphatic heterocycles. The normalized spacial score (nSPS) is 15.7. The molecule has 7 nitrogen and oxygen atoms in total. The number of benzene rings is 1. The average Bonchev–Trinajstić information content (AvgIpc) is 2.70. The van der Waals surface area contributed by atoms with E-state index in [2.05, 4.69) is 27.0 Å². The van der Waals surface area contributed by atoms with Gasteiger partial charge in [-0.3, -0.25) is 14.5 Å². The van der Waals surface area contributed by atoms with Crippen molar-refractivity contribution in [1.82, 2.24) is 24.7 Å². The molecule has 7 heteroatoms. The Morgan fingerprint density at radius 3 is 2.38 bits per heavy atom. The van der Waals surface area contributed by atoms with Crippen molar-refractivity contribution in [2.75, 3.05) is 45.8 Å². The van der Waals surface area contributed by atoms with Crippen molar-refractivity contribution < 1.29 is 4.79 Å². The topological polar surface area (TPSA) is 70.5 Å². The molecule has 1 aromatic heterocycles. The van der Waals surface area contributed by atoms with Crippen LogP contribution in [0.3, 0.4) is 0 Å². The highest BCUT2D eigenvalue weighted by molar-refractivity contribution is 5.78. The third-order valence-electron chi connectivity index (χ3n) is 5.95. The Balaban J connectivity index is 1.56. The number of fused-ring (bicyclic) bond motifs is 1. The average molecular weight is 400 g/mol. The van der Waals surface area contributed by atoms with E-state index in [0.717, 1.165) is 61.4 Å². The van der Waals surface area contributed by atoms with Crippen LogP contribution in [0.2, 0.25) is 0 Å². The van der Waals surface area contributed by atoms with E-state index in [1.165, 1.54) is 0 Å². The Morgan fingerprint density at radius 1 is 1.03 bits per heavy atom. The maximum atomic E-state index is 12.6. The second-order valence-electron chi connectivity index (χ2n) is 7.96. The van der Waals surface area contributed by atoms with Crippen molar-refractivity contribution in [3.05, 3.63) is 39.3 Å². The van der Waals surface area contributed by atoms with Crippen molar-refractivity contribution in [2.24, 2.45) is 0 Å². The van der Waals surface area contributed by atoms with Crippen LogP contribution in [0.1, 0.15) is 30.2 Å². The Bertz CT molecular complexity index is 929. The SMILES string of the molecule is CCN1CCN(CCNC(=O)CCn2c(=O)c(C)nc3cc(C)c(C)cc32)CC1. The molecular weight excluding hydrogens is 366 g/mol. The summed E-state index contributed by atoms with van der Waals surface area (Å²) >= 11 is 0. The maximum Gasteiger partial charge on any atom is 0.272 e. The summed E-state index contributed by atoms with van der Waals surface area (Å²) in [6.45, 7) is 15.3. The molecule has 1 aromatic carbocycles. The minimum absolute atomic E-state index is 0.0180. The van der Waals surface area contributed by atoms with E-state index in [1.807, 2.05) is 26.0 Å². The van der Waals surface area contributed by atoms with E-state index in [9.17, 15) is 9.59 Å². The lowest BCUT2D eigenvalue weighted by molar-refractivity contribution is -0.121. The number of hydrogen-bond acceptors (Lipinski definition) is 5. The Hall–Kier alpha value is -2.25. The number of aryl methyl sites for hydroxylation is 4. The van der Waals surface area contributed by atoms with Gasteiger partial charge in [0.2, 0.25) is 5.91 Å². The van der Waals surface area contributed by atoms with Crippen molar-refractivity contribution in [1.29, 1.82) is 0 Å². The van der Waals surface area contributed by atoms with Crippen molar-refractivity contribution >= 4 is 16.9 Å². The predicted molar refractivity (Wildman–Crippen MR) is 116 cm³/mol. The maximum absolute atomic E-state index is 12.6. The second kappa shape index (κ2) is 9.50. The summed E-state index contributed by atoms with van der Waals surface area (Å²) in [7, 11) is 0. The van der Waals surface area contributed by atoms with Crippen LogP contribution < -0.4 is 10.9 Å². The predicted octanol–water partition coefficient (Wildman–Crippen LogP) is 1.47. The van der Waals surface area contributed by atoms with Crippen LogP contribution in [0.15, 0.2) is 16.9 Å². The number of nitrogens with one attached hydrogen (secondary N) is 1. The van der Waals surface area contributed by atoms with Gasteiger partial charge in [0.25, 0.3) is 5.56 Å². The second-order valence-corrected chi connectivity index (χ2v) is 7.96. The molecule has 0 unspecified atom stereocenters. The number of likely N-dealkylation sites (N-methyl/N-ethyl adjacent to an activating group) is 1. The molecule has 1 N–H and O–H groups in total. The molecule has 1 aliphatic rings. The van der Waals surface area contributed by atoms with Gasteiger partial charge in [-0.05, 0) is 50.6 Å². The number of aromatic nitrogens is 2. The van der Waals surface area contributed by atoms with Crippen LogP contribution >= 0.6 is 0 Å². The lowest BCUT2D eigenvalue weighted by atomic mass is 10.1. The molecular formula is C22H33N5O2. The first kappa shape index (κ1) is 21.5. The van der Waals surface area contributed by atoms with Crippen molar-refractivity contribution in [3.63, 3.8) is 0 Å². The number of hydrogen-bond donors (Lipinski definition) is 1. The highest BCUT2D eigenvalue weighted by Crippen LogP contribution is 2.17. The molecule has 0 radical (unpaired) electrons. The Labute approximate surface area is 172 Å². The Morgan fingerprint density at radius 2 is 1.69 bits per heavy atom. The lowest BCUT2D eigenvalue weighted by Gasteiger charge is -2.33. The van der Waals surface area contributed by atoms with Gasteiger partial charge in [0.1, 0.15) is 5.69 Å². The third-order valence-corrected chi connectivity index (χ3v) is 5.95. The number of carbonyl (C=O) groups is 1. The molecule has 0 saturated carbocycles. The molecule has 0 bridgehead atoms. The first-order chi connectivity index (χ1) is 13.9. The molecule has 1 amide bonds. The van der Waals surface area contributed by atoms with Gasteiger partial charge in [-0.15, -0.1) is 0 Å². The summed E-state index contributed by atoms with van der Waals surface area (Å²) in [5.41, 5.74) is 4.20. The monoisotopic (exact) mass is 399 g/mol. The van der Waals surface area contributed by atoms with E-state index in [4.69, 9.17) is 0 Å². The van der Waals surface area contributed by atoms with Gasteiger partial charge in [-0.25, -0.2) is 4.98 Å². The van der Waals surface area contributed by atoms with E-state index >= 15 is 0 Å². The fraction of sp³-hybridized carbons (Fsp3) is 0.591. The standard InChI is InChI=1S/C22H33N5O2/c1-5-25-10-12-26(13-11-25)9-7-23-21(28)6-8-27-20-15-17(3)16(2)14-19(20)24-18(4)22(27)29/h14-15H,5-13H2,1-4H3,(H,23,28). The zero-order valence-electron chi connectivity index (χ0n) is 18.1. The molecule has 3 rings (SSSR count). The van der Waals surface area contributed by atoms with Crippen molar-refractivity contribution in [2.45, 2.75) is 40.7 Å². The summed E-state index contributed by atoms with van der Waals surface area (Å²) < 4.78 is 1.69. The molecule has 2 heterocycles. The quantitative estimate of drug-likeness (QED) is 0.763. The fourth-order valence-corrected chi connectivity index (χ4v) is 3.83. The molecule has 0 atom stereocenters. The number of nitrogens with zero attached hydrogens (tertiary/aromatic N) is 4. The molecule has 158 valence electrons. The number of carbonyl (C=O) groups excluding carboxylic acids is 1. The largest absolute Gasteiger partial charge is 0.355 e. The van der Waals surface area contributed by atoms with Gasteiger partial charge < -0.3 is 14.8 Å². The molecule has 1 saturated heterocycles. The van der Waals surface area contributed by atoms with E-state index in [-0.39, 0.29) is 17.9 Å². The number of piperazine rings is 1. The first-order valence-corrected chi connectivity index (χ1v) is 10.6. The van der Waals surface area contributed by atoms with Crippen LogP contribution in [0.25, 0.3) is 11.0 Å². The summed E-state index contributed by atoms with van der Waals surface area (Å²) in [6, 6.07) is 4.00. The van der Waals surface area contributed by atoms with Gasteiger partial charge in [-0.1, -0.05) is 6.92 Å². The van der Waals surface area contributed by atoms with E-state index in [0.29, 0.717) is 18.8 Å². The van der Waals surface area contributed by atoms with Gasteiger partial charge in [0.05, 0.1) is 11.0 Å². The van der Waals surface area contributed by atoms with Crippen molar-refractivity contribution in [3.8, 4) is 0 Å². The van der Waals surface area contributed by atoms with Gasteiger partial charge in [0, 0.05) is 52.2 Å². The minimum Gasteiger partial charge on any atom is -0.355 e. The van der Waals surface area contributed by atoms with Crippen LogP contribution in [-0.2, 0) is 11.3 Å². The van der Waals surface area contributed by atoms with E-state index < -0.39 is 0 Å². The summed E-state index contributed by atoms with van der Waals surface area (Å²) in [4.78, 5) is 34.2. The first-order valence-electron chi connectivity index (χ1n) is 10.6. The summed E-state index contributed by atoms with van der Waals surface area (Å²) in [5.74, 6) is -0.0180. The van der Waals surface area contributed by atoms with Crippen LogP contribution in [0.5, 0.6) is 0 Å². The van der Waals surface area contributed by atoms with E-state index in [1.54, 1.807) is 11.5 Å². The summed E-state index contributed by atoms with van der Waals surface area (Å²) in [6.07, 6.45) is 0.287. The smallest absolute Gasteiger partial charge is 0.272 e. The molecule has 0 aliphatic carbocycles. The number of amides is 1. The molecule has 2 aromatic rings. The van der Waals surface area contributed by atoms with Gasteiger partial charge in [-0.2, -0.15) is 0 Å².